The summed E-state index contributed by atoms with van der Waals surface area (Å²) in [5.41, 5.74) is 2.81. The van der Waals surface area contributed by atoms with Gasteiger partial charge in [0.2, 0.25) is 0 Å². The summed E-state index contributed by atoms with van der Waals surface area (Å²) < 4.78 is 0. The summed E-state index contributed by atoms with van der Waals surface area (Å²) in [4.78, 5) is 0. The molecule has 1 nitrogen and oxygen atoms in total. The Morgan fingerprint density at radius 2 is 1.71 bits per heavy atom. The van der Waals surface area contributed by atoms with Gasteiger partial charge in [-0.1, -0.05) is 50.6 Å². The van der Waals surface area contributed by atoms with Crippen molar-refractivity contribution in [3.8, 4) is 0 Å². The molecular weight excluding hydrogens is 206 g/mol. The van der Waals surface area contributed by atoms with Crippen LogP contribution in [0.5, 0.6) is 0 Å². The Labute approximate surface area is 107 Å². The van der Waals surface area contributed by atoms with E-state index in [1.54, 1.807) is 0 Å². The third-order valence-electron chi connectivity index (χ3n) is 3.07. The maximum Gasteiger partial charge on any atom is -0.00258 e. The summed E-state index contributed by atoms with van der Waals surface area (Å²) in [7, 11) is 0. The molecule has 1 N–H and O–H groups in total. The number of benzene rings is 1. The van der Waals surface area contributed by atoms with Crippen LogP contribution in [-0.2, 0) is 6.42 Å². The van der Waals surface area contributed by atoms with Crippen molar-refractivity contribution < 1.29 is 0 Å². The molecule has 17 heavy (non-hydrogen) atoms. The monoisotopic (exact) mass is 233 g/mol. The van der Waals surface area contributed by atoms with E-state index in [9.17, 15) is 0 Å². The Kier molecular flexibility index (Phi) is 6.28. The first-order valence-electron chi connectivity index (χ1n) is 6.84. The predicted molar refractivity (Wildman–Crippen MR) is 76.4 cm³/mol. The van der Waals surface area contributed by atoms with Gasteiger partial charge in [0, 0.05) is 0 Å². The van der Waals surface area contributed by atoms with Gasteiger partial charge in [-0.15, -0.1) is 0 Å². The Balaban J connectivity index is 2.20. The highest BCUT2D eigenvalue weighted by Gasteiger charge is 2.03. The second-order valence-corrected chi connectivity index (χ2v) is 5.68. The third kappa shape index (κ3) is 6.48. The molecule has 1 rings (SSSR count). The van der Waals surface area contributed by atoms with Crippen LogP contribution in [0.15, 0.2) is 24.3 Å². The predicted octanol–water partition coefficient (Wildman–Crippen LogP) is 3.81. The zero-order chi connectivity index (χ0) is 12.7. The average molecular weight is 233 g/mol. The first kappa shape index (κ1) is 14.2. The van der Waals surface area contributed by atoms with Crippen LogP contribution in [0.2, 0.25) is 0 Å². The van der Waals surface area contributed by atoms with Gasteiger partial charge in [-0.05, 0) is 50.3 Å². The standard InChI is InChI=1S/C16H27N/c1-13(2)12-17-10-9-15(4)11-16-7-5-14(3)6-8-16/h5-8,13,15,17H,9-12H2,1-4H3. The lowest BCUT2D eigenvalue weighted by Gasteiger charge is -2.13. The maximum atomic E-state index is 3.51. The van der Waals surface area contributed by atoms with Crippen molar-refractivity contribution >= 4 is 0 Å². The van der Waals surface area contributed by atoms with E-state index in [1.807, 2.05) is 0 Å². The van der Waals surface area contributed by atoms with Gasteiger partial charge in [0.25, 0.3) is 0 Å². The van der Waals surface area contributed by atoms with E-state index in [-0.39, 0.29) is 0 Å². The zero-order valence-corrected chi connectivity index (χ0v) is 11.8. The minimum Gasteiger partial charge on any atom is -0.316 e. The molecule has 1 unspecified atom stereocenters. The molecule has 96 valence electrons. The van der Waals surface area contributed by atoms with Crippen LogP contribution in [0.3, 0.4) is 0 Å². The molecule has 0 aliphatic heterocycles. The molecule has 0 saturated heterocycles. The smallest absolute Gasteiger partial charge is 0.00258 e. The van der Waals surface area contributed by atoms with E-state index in [2.05, 4.69) is 57.3 Å². The minimum atomic E-state index is 0.752. The first-order chi connectivity index (χ1) is 8.08. The van der Waals surface area contributed by atoms with Crippen LogP contribution in [0, 0.1) is 18.8 Å². The lowest BCUT2D eigenvalue weighted by atomic mass is 9.97. The summed E-state index contributed by atoms with van der Waals surface area (Å²) in [6.07, 6.45) is 2.46. The normalized spacial score (nSPS) is 13.0. The number of rotatable bonds is 7. The van der Waals surface area contributed by atoms with E-state index in [0.29, 0.717) is 0 Å². The summed E-state index contributed by atoms with van der Waals surface area (Å²) in [5, 5.41) is 3.51. The summed E-state index contributed by atoms with van der Waals surface area (Å²) in [6.45, 7) is 11.3. The fraction of sp³-hybridized carbons (Fsp3) is 0.625. The van der Waals surface area contributed by atoms with Gasteiger partial charge >= 0.3 is 0 Å². The quantitative estimate of drug-likeness (QED) is 0.706. The SMILES string of the molecule is Cc1ccc(CC(C)CCNCC(C)C)cc1. The third-order valence-corrected chi connectivity index (χ3v) is 3.07. The molecule has 0 bridgehead atoms. The van der Waals surface area contributed by atoms with Gasteiger partial charge in [-0.3, -0.25) is 0 Å². The van der Waals surface area contributed by atoms with Crippen LogP contribution >= 0.6 is 0 Å². The van der Waals surface area contributed by atoms with Gasteiger partial charge in [0.15, 0.2) is 0 Å². The fourth-order valence-corrected chi connectivity index (χ4v) is 1.97. The second kappa shape index (κ2) is 7.50. The average Bonchev–Trinajstić information content (AvgIpc) is 2.27. The molecule has 0 aliphatic rings. The first-order valence-corrected chi connectivity index (χ1v) is 6.84. The van der Waals surface area contributed by atoms with E-state index in [0.717, 1.165) is 24.9 Å². The van der Waals surface area contributed by atoms with E-state index >= 15 is 0 Å². The van der Waals surface area contributed by atoms with Crippen molar-refractivity contribution in [2.45, 2.75) is 40.5 Å². The van der Waals surface area contributed by atoms with Crippen LogP contribution in [0.1, 0.15) is 38.3 Å². The van der Waals surface area contributed by atoms with Crippen molar-refractivity contribution in [3.63, 3.8) is 0 Å². The summed E-state index contributed by atoms with van der Waals surface area (Å²) in [6, 6.07) is 8.93. The molecule has 1 aromatic rings. The van der Waals surface area contributed by atoms with Crippen molar-refractivity contribution in [2.24, 2.45) is 11.8 Å². The fourth-order valence-electron chi connectivity index (χ4n) is 1.97. The Morgan fingerprint density at radius 1 is 1.06 bits per heavy atom. The summed E-state index contributed by atoms with van der Waals surface area (Å²) >= 11 is 0. The van der Waals surface area contributed by atoms with Crippen molar-refractivity contribution in [2.75, 3.05) is 13.1 Å². The lowest BCUT2D eigenvalue weighted by Crippen LogP contribution is -2.22. The van der Waals surface area contributed by atoms with E-state index < -0.39 is 0 Å². The number of hydrogen-bond donors (Lipinski definition) is 1. The molecule has 1 heteroatoms. The molecule has 0 fully saturated rings. The van der Waals surface area contributed by atoms with Crippen LogP contribution in [-0.4, -0.2) is 13.1 Å². The lowest BCUT2D eigenvalue weighted by molar-refractivity contribution is 0.474. The molecular formula is C16H27N. The van der Waals surface area contributed by atoms with Crippen LogP contribution < -0.4 is 5.32 Å². The highest BCUT2D eigenvalue weighted by Crippen LogP contribution is 2.12. The highest BCUT2D eigenvalue weighted by atomic mass is 14.8. The van der Waals surface area contributed by atoms with Gasteiger partial charge in [-0.2, -0.15) is 0 Å². The van der Waals surface area contributed by atoms with Gasteiger partial charge in [0.05, 0.1) is 0 Å². The molecule has 0 amide bonds. The summed E-state index contributed by atoms with van der Waals surface area (Å²) in [5.74, 6) is 1.51. The molecule has 0 radical (unpaired) electrons. The largest absolute Gasteiger partial charge is 0.316 e. The van der Waals surface area contributed by atoms with Gasteiger partial charge in [-0.25, -0.2) is 0 Å². The molecule has 1 aromatic carbocycles. The van der Waals surface area contributed by atoms with Crippen LogP contribution in [0.4, 0.5) is 0 Å². The molecule has 0 aromatic heterocycles. The van der Waals surface area contributed by atoms with Gasteiger partial charge < -0.3 is 5.32 Å². The number of nitrogens with one attached hydrogen (secondary N) is 1. The number of aryl methyl sites for hydroxylation is 1. The Morgan fingerprint density at radius 3 is 2.29 bits per heavy atom. The topological polar surface area (TPSA) is 12.0 Å². The van der Waals surface area contributed by atoms with Crippen LogP contribution in [0.25, 0.3) is 0 Å². The Hall–Kier alpha value is -0.820. The molecule has 0 spiro atoms. The minimum absolute atomic E-state index is 0.752. The van der Waals surface area contributed by atoms with Gasteiger partial charge in [0.1, 0.15) is 0 Å². The van der Waals surface area contributed by atoms with Crippen molar-refractivity contribution in [1.82, 2.24) is 5.32 Å². The highest BCUT2D eigenvalue weighted by molar-refractivity contribution is 5.21. The molecule has 0 aliphatic carbocycles. The number of hydrogen-bond acceptors (Lipinski definition) is 1. The maximum absolute atomic E-state index is 3.51. The molecule has 0 saturated carbocycles. The molecule has 1 atom stereocenters. The molecule has 0 heterocycles. The second-order valence-electron chi connectivity index (χ2n) is 5.68. The Bertz CT molecular complexity index is 300. The van der Waals surface area contributed by atoms with E-state index in [1.165, 1.54) is 24.0 Å². The van der Waals surface area contributed by atoms with Crippen molar-refractivity contribution in [1.29, 1.82) is 0 Å². The van der Waals surface area contributed by atoms with Crippen molar-refractivity contribution in [3.05, 3.63) is 35.4 Å². The van der Waals surface area contributed by atoms with E-state index in [4.69, 9.17) is 0 Å². The zero-order valence-electron chi connectivity index (χ0n) is 11.8.